The number of fused-ring (bicyclic) bond motifs is 7. The maximum atomic E-state index is 10.9. The first-order chi connectivity index (χ1) is 48.7. The molecule has 0 aliphatic heterocycles. The van der Waals surface area contributed by atoms with Gasteiger partial charge in [0.15, 0.2) is 8.07 Å². The molecule has 4 aromatic heterocycles. The normalized spacial score (nSPS) is 15.2. The number of furan rings is 1. The van der Waals surface area contributed by atoms with Crippen molar-refractivity contribution in [1.29, 1.82) is 0 Å². The van der Waals surface area contributed by atoms with Crippen LogP contribution >= 0.6 is 0 Å². The fourth-order valence-electron chi connectivity index (χ4n) is 11.3. The van der Waals surface area contributed by atoms with E-state index in [1.165, 1.54) is 0 Å². The first-order valence-electron chi connectivity index (χ1n) is 36.3. The zero-order chi connectivity index (χ0) is 72.2. The number of rotatable bonds is 11. The zero-order valence-electron chi connectivity index (χ0n) is 63.8. The Kier molecular flexibility index (Phi) is 8.06. The zero-order valence-corrected chi connectivity index (χ0v) is 45.8. The summed E-state index contributed by atoms with van der Waals surface area (Å²) >= 11 is 0. The molecule has 0 atom stereocenters. The third-order valence-corrected chi connectivity index (χ3v) is 19.2. The van der Waals surface area contributed by atoms with Crippen LogP contribution in [0.1, 0.15) is 52.4 Å². The highest BCUT2D eigenvalue weighted by molar-refractivity contribution is 7.19. The summed E-state index contributed by atoms with van der Waals surface area (Å²) in [5.41, 5.74) is 6.18. The molecule has 15 rings (SSSR count). The highest BCUT2D eigenvalue weighted by atomic mass is 28.3. The molecule has 83 heavy (non-hydrogen) atoms. The van der Waals surface area contributed by atoms with Crippen LogP contribution in [-0.2, 0) is 5.41 Å². The van der Waals surface area contributed by atoms with Crippen LogP contribution in [0.25, 0.3) is 94.2 Å². The minimum atomic E-state index is -6.24. The van der Waals surface area contributed by atoms with E-state index in [2.05, 4.69) is 49.9 Å². The summed E-state index contributed by atoms with van der Waals surface area (Å²) in [6, 6.07) is 31.0. The summed E-state index contributed by atoms with van der Waals surface area (Å²) in [5, 5.41) is -0.240. The van der Waals surface area contributed by atoms with Gasteiger partial charge in [-0.3, -0.25) is 13.7 Å². The van der Waals surface area contributed by atoms with Gasteiger partial charge in [0, 0.05) is 33.8 Å². The van der Waals surface area contributed by atoms with Crippen molar-refractivity contribution in [2.75, 3.05) is 0 Å². The number of imidazole rings is 1. The molecule has 0 fully saturated rings. The van der Waals surface area contributed by atoms with Gasteiger partial charge in [0.1, 0.15) is 28.5 Å². The Morgan fingerprint density at radius 2 is 1.13 bits per heavy atom. The van der Waals surface area contributed by atoms with E-state index < -0.39 is 149 Å². The van der Waals surface area contributed by atoms with Gasteiger partial charge >= 0.3 is 0 Å². The molecule has 0 bridgehead atoms. The fraction of sp³-hybridized carbons (Fsp3) is 0.0526. The minimum Gasteiger partial charge on any atom is -0.458 e. The number of hydrogen-bond donors (Lipinski definition) is 0. The smallest absolute Gasteiger partial charge is 0.269 e. The van der Waals surface area contributed by atoms with Crippen molar-refractivity contribution in [2.45, 2.75) is 26.2 Å². The average molecular weight is 1100 g/mol. The van der Waals surface area contributed by atoms with Crippen LogP contribution in [0.15, 0.2) is 289 Å². The molecule has 0 N–H and O–H groups in total. The molecule has 396 valence electrons. The van der Waals surface area contributed by atoms with Crippen LogP contribution < -0.4 is 30.1 Å². The number of benzene rings is 11. The first kappa shape index (κ1) is 33.4. The largest absolute Gasteiger partial charge is 0.458 e. The highest BCUT2D eigenvalue weighted by Gasteiger charge is 2.41. The lowest BCUT2D eigenvalue weighted by Gasteiger charge is -2.34. The maximum absolute atomic E-state index is 10.9. The Hall–Kier alpha value is -10.3. The van der Waals surface area contributed by atoms with Crippen molar-refractivity contribution in [2.24, 2.45) is 0 Å². The third-order valence-electron chi connectivity index (χ3n) is 15.2. The van der Waals surface area contributed by atoms with Gasteiger partial charge in [0.25, 0.3) is 6.33 Å². The standard InChI is InChI=1S/C76H56N4O2Si/c1-76(2,3)54-44-45-77-74(48-54)80-68-36-15-13-32-64(68)65-42-41-57(50-71(65)80)81-56-24-20-23-55(49-56)78-51-79(70-38-17-16-37-69(70)78)75-62(34-21-35-63(75)53-40-43-73-67(47-53)66-33-14-18-39-72(66)82-73)52-22-19-31-61(46-52)83(58-25-7-4-8-26-58,59-27-9-5-10-28-59)60-29-11-6-12-30-60/h4-50H,1-3H3/i4D,5D,6D,7D,8D,9D,10D,11D,12D,19D,22D,25D,26D,27D,28D,29D,30D,31D,46D. The second-order valence-electron chi connectivity index (χ2n) is 21.1. The molecule has 6 nitrogen and oxygen atoms in total. The number of para-hydroxylation sites is 5. The molecule has 11 aromatic carbocycles. The lowest BCUT2D eigenvalue weighted by Crippen LogP contribution is -2.74. The molecule has 0 amide bonds. The van der Waals surface area contributed by atoms with Crippen molar-refractivity contribution < 1.29 is 39.8 Å². The van der Waals surface area contributed by atoms with E-state index in [0.717, 1.165) is 38.6 Å². The molecule has 0 radical (unpaired) electrons. The van der Waals surface area contributed by atoms with Crippen LogP contribution in [0.3, 0.4) is 0 Å². The third kappa shape index (κ3) is 8.47. The van der Waals surface area contributed by atoms with Crippen LogP contribution in [0.5, 0.6) is 11.5 Å². The summed E-state index contributed by atoms with van der Waals surface area (Å²) in [5.74, 6) is 1.71. The van der Waals surface area contributed by atoms with Gasteiger partial charge in [-0.1, -0.05) is 227 Å². The summed E-state index contributed by atoms with van der Waals surface area (Å²) in [6.07, 6.45) is 5.41. The Bertz CT molecular complexity index is 5890. The summed E-state index contributed by atoms with van der Waals surface area (Å²) in [4.78, 5) is 4.86. The second-order valence-corrected chi connectivity index (χ2v) is 24.6. The quantitative estimate of drug-likeness (QED) is 0.0561. The van der Waals surface area contributed by atoms with E-state index in [1.807, 2.05) is 121 Å². The predicted molar refractivity (Wildman–Crippen MR) is 343 cm³/mol. The second kappa shape index (κ2) is 20.0. The molecule has 0 aliphatic rings. The Balaban J connectivity index is 1.01. The number of nitrogens with zero attached hydrogens (tertiary/aromatic N) is 4. The van der Waals surface area contributed by atoms with Gasteiger partial charge in [0.05, 0.1) is 59.5 Å². The van der Waals surface area contributed by atoms with Crippen molar-refractivity contribution in [3.63, 3.8) is 0 Å². The van der Waals surface area contributed by atoms with E-state index in [4.69, 9.17) is 26.5 Å². The van der Waals surface area contributed by atoms with Crippen molar-refractivity contribution in [1.82, 2.24) is 14.1 Å². The predicted octanol–water partition coefficient (Wildman–Crippen LogP) is 15.9. The van der Waals surface area contributed by atoms with Gasteiger partial charge < -0.3 is 9.15 Å². The molecule has 0 unspecified atom stereocenters. The molecular formula is C76H56N4O2Si. The number of aromatic nitrogens is 4. The number of pyridine rings is 1. The summed E-state index contributed by atoms with van der Waals surface area (Å²) in [6.45, 7) is 6.47. The van der Waals surface area contributed by atoms with E-state index >= 15 is 0 Å². The first-order valence-corrected chi connectivity index (χ1v) is 28.8. The van der Waals surface area contributed by atoms with Gasteiger partial charge in [0.2, 0.25) is 0 Å². The van der Waals surface area contributed by atoms with Crippen LogP contribution in [0.4, 0.5) is 0 Å². The average Bonchev–Trinajstić information content (AvgIpc) is 0.881. The Morgan fingerprint density at radius 1 is 0.506 bits per heavy atom. The molecule has 0 saturated carbocycles. The highest BCUT2D eigenvalue weighted by Crippen LogP contribution is 2.40. The molecule has 0 aliphatic carbocycles. The van der Waals surface area contributed by atoms with Gasteiger partial charge in [-0.05, 0) is 121 Å². The Morgan fingerprint density at radius 3 is 1.88 bits per heavy atom. The summed E-state index contributed by atoms with van der Waals surface area (Å²) < 4.78 is 200. The molecule has 4 heterocycles. The maximum Gasteiger partial charge on any atom is 0.269 e. The number of ether oxygens (including phenoxy) is 1. The van der Waals surface area contributed by atoms with E-state index in [1.54, 1.807) is 39.5 Å². The van der Waals surface area contributed by atoms with Gasteiger partial charge in [-0.15, -0.1) is 0 Å². The van der Waals surface area contributed by atoms with Crippen LogP contribution in [-0.4, -0.2) is 22.2 Å². The lowest BCUT2D eigenvalue weighted by molar-refractivity contribution is -0.571. The van der Waals surface area contributed by atoms with E-state index in [9.17, 15) is 13.7 Å². The van der Waals surface area contributed by atoms with E-state index in [0.29, 0.717) is 55.9 Å². The number of hydrogen-bond acceptors (Lipinski definition) is 3. The molecule has 7 heteroatoms. The summed E-state index contributed by atoms with van der Waals surface area (Å²) in [7, 11) is -6.24. The lowest BCUT2D eigenvalue weighted by atomic mass is 9.88. The van der Waals surface area contributed by atoms with Crippen LogP contribution in [0.2, 0.25) is 0 Å². The molecule has 0 spiro atoms. The van der Waals surface area contributed by atoms with Gasteiger partial charge in [-0.2, -0.15) is 0 Å². The monoisotopic (exact) mass is 1100 g/mol. The fourth-order valence-corrected chi connectivity index (χ4v) is 14.9. The van der Waals surface area contributed by atoms with Gasteiger partial charge in [-0.25, -0.2) is 4.98 Å². The molecule has 0 saturated heterocycles. The van der Waals surface area contributed by atoms with Crippen molar-refractivity contribution >= 4 is 83.6 Å². The van der Waals surface area contributed by atoms with Crippen LogP contribution in [0, 0.1) is 6.33 Å². The Labute approximate surface area is 509 Å². The minimum absolute atomic E-state index is 0.0325. The topological polar surface area (TPSA) is 49.0 Å². The van der Waals surface area contributed by atoms with Crippen molar-refractivity contribution in [3.8, 4) is 50.9 Å². The van der Waals surface area contributed by atoms with Crippen molar-refractivity contribution in [3.05, 3.63) is 297 Å². The molecular weight excluding hydrogens is 1030 g/mol. The SMILES string of the molecule is [2H]c1c([2H])c([2H])c([Si](c2c([2H])c([2H])c([2H])c([2H])c2[2H])(c2c([2H])c([2H])c([2H])c([2H])c2[2H])c2c([2H])c([2H])c([2H])c(-c3cccc(-c4ccc5oc6ccccc6c5c4)c3-[n+]3[c-]n(-c4cccc(Oc5ccc6c7ccccc7n(-c7cc(C(C)(C)C)ccn7)c6c5)c4)c4ccccc43)c2[2H])c([2H])c1[2H]. The van der Waals surface area contributed by atoms with E-state index in [-0.39, 0.29) is 16.7 Å². The molecule has 15 aromatic rings.